The van der Waals surface area contributed by atoms with E-state index in [-0.39, 0.29) is 31.0 Å². The second kappa shape index (κ2) is 7.43. The molecule has 0 spiro atoms. The minimum Gasteiger partial charge on any atom is -0.353 e. The highest BCUT2D eigenvalue weighted by molar-refractivity contribution is 7.89. The number of hydrogen-bond donors (Lipinski definition) is 1. The summed E-state index contributed by atoms with van der Waals surface area (Å²) in [5, 5.41) is 2.97. The number of nitrogens with one attached hydrogen (secondary N) is 1. The highest BCUT2D eigenvalue weighted by Gasteiger charge is 2.40. The monoisotopic (exact) mass is 404 g/mol. The first-order chi connectivity index (χ1) is 12.6. The van der Waals surface area contributed by atoms with Crippen LogP contribution in [0.1, 0.15) is 38.2 Å². The van der Waals surface area contributed by atoms with Gasteiger partial charge in [-0.2, -0.15) is 17.5 Å². The number of alkyl halides is 3. The molecule has 1 saturated carbocycles. The topological polar surface area (TPSA) is 66.5 Å². The Hall–Kier alpha value is -1.61. The molecule has 0 radical (unpaired) electrons. The zero-order valence-electron chi connectivity index (χ0n) is 15.0. The van der Waals surface area contributed by atoms with Crippen molar-refractivity contribution in [2.75, 3.05) is 13.1 Å². The maximum absolute atomic E-state index is 13.2. The van der Waals surface area contributed by atoms with Crippen molar-refractivity contribution in [2.24, 2.45) is 11.8 Å². The predicted octanol–water partition coefficient (Wildman–Crippen LogP) is 3.02. The Morgan fingerprint density at radius 2 is 1.74 bits per heavy atom. The van der Waals surface area contributed by atoms with Gasteiger partial charge in [0.1, 0.15) is 0 Å². The molecule has 1 atom stereocenters. The summed E-state index contributed by atoms with van der Waals surface area (Å²) >= 11 is 0. The van der Waals surface area contributed by atoms with Gasteiger partial charge in [-0.15, -0.1) is 0 Å². The summed E-state index contributed by atoms with van der Waals surface area (Å²) in [6.45, 7) is 2.03. The molecular weight excluding hydrogens is 381 g/mol. The van der Waals surface area contributed by atoms with Crippen molar-refractivity contribution in [1.29, 1.82) is 0 Å². The Bertz CT molecular complexity index is 798. The normalized spacial score (nSPS) is 21.0. The Balaban J connectivity index is 1.68. The summed E-state index contributed by atoms with van der Waals surface area (Å²) in [7, 11) is -4.27. The number of carbonyl (C=O) groups excluding carboxylic acids is 1. The average molecular weight is 404 g/mol. The maximum atomic E-state index is 13.2. The molecule has 1 amide bonds. The van der Waals surface area contributed by atoms with Crippen LogP contribution in [0, 0.1) is 11.8 Å². The van der Waals surface area contributed by atoms with Crippen LogP contribution in [-0.2, 0) is 21.0 Å². The third-order valence-corrected chi connectivity index (χ3v) is 7.29. The number of rotatable bonds is 5. The molecule has 27 heavy (non-hydrogen) atoms. The average Bonchev–Trinajstić information content (AvgIpc) is 3.46. The molecule has 3 rings (SSSR count). The van der Waals surface area contributed by atoms with Crippen LogP contribution in [0.4, 0.5) is 13.2 Å². The summed E-state index contributed by atoms with van der Waals surface area (Å²) in [4.78, 5) is 11.6. The van der Waals surface area contributed by atoms with E-state index in [4.69, 9.17) is 0 Å². The molecule has 1 heterocycles. The zero-order chi connectivity index (χ0) is 19.8. The number of hydrogen-bond acceptors (Lipinski definition) is 3. The Morgan fingerprint density at radius 1 is 1.15 bits per heavy atom. The van der Waals surface area contributed by atoms with Crippen molar-refractivity contribution in [1.82, 2.24) is 9.62 Å². The molecule has 9 heteroatoms. The van der Waals surface area contributed by atoms with E-state index in [0.29, 0.717) is 18.8 Å². The van der Waals surface area contributed by atoms with Gasteiger partial charge in [0, 0.05) is 25.0 Å². The van der Waals surface area contributed by atoms with E-state index in [2.05, 4.69) is 5.32 Å². The summed E-state index contributed by atoms with van der Waals surface area (Å²) in [5.74, 6) is 0.117. The third kappa shape index (κ3) is 4.45. The van der Waals surface area contributed by atoms with Crippen molar-refractivity contribution >= 4 is 15.9 Å². The smallest absolute Gasteiger partial charge is 0.353 e. The molecule has 1 N–H and O–H groups in total. The highest BCUT2D eigenvalue weighted by Crippen LogP contribution is 2.36. The van der Waals surface area contributed by atoms with Crippen LogP contribution in [0.15, 0.2) is 29.2 Å². The molecular formula is C18H23F3N2O3S. The van der Waals surface area contributed by atoms with Crippen LogP contribution in [0.2, 0.25) is 0 Å². The second-order valence-electron chi connectivity index (χ2n) is 7.31. The minimum absolute atomic E-state index is 0.0322. The number of amides is 1. The van der Waals surface area contributed by atoms with Crippen LogP contribution in [-0.4, -0.2) is 37.8 Å². The van der Waals surface area contributed by atoms with E-state index in [1.807, 2.05) is 6.92 Å². The van der Waals surface area contributed by atoms with Gasteiger partial charge in [-0.3, -0.25) is 4.79 Å². The fourth-order valence-corrected chi connectivity index (χ4v) is 5.16. The quantitative estimate of drug-likeness (QED) is 0.820. The first-order valence-corrected chi connectivity index (χ1v) is 10.5. The minimum atomic E-state index is -4.75. The summed E-state index contributed by atoms with van der Waals surface area (Å²) < 4.78 is 66.0. The van der Waals surface area contributed by atoms with Crippen molar-refractivity contribution < 1.29 is 26.4 Å². The fraction of sp³-hybridized carbons (Fsp3) is 0.611. The molecule has 0 bridgehead atoms. The number of benzene rings is 1. The van der Waals surface area contributed by atoms with E-state index >= 15 is 0 Å². The second-order valence-corrected chi connectivity index (χ2v) is 9.21. The van der Waals surface area contributed by atoms with E-state index < -0.39 is 26.7 Å². The standard InChI is InChI=1S/C18H23F3N2O3S/c1-12(13-6-7-13)22-17(24)14-8-10-23(11-9-14)27(25,26)16-5-3-2-4-15(16)18(19,20)21/h2-5,12-14H,6-11H2,1H3,(H,22,24)/t12-/m0/s1. The predicted molar refractivity (Wildman–Crippen MR) is 93.3 cm³/mol. The molecule has 5 nitrogen and oxygen atoms in total. The number of piperidine rings is 1. The lowest BCUT2D eigenvalue weighted by Gasteiger charge is -2.31. The van der Waals surface area contributed by atoms with Crippen molar-refractivity contribution in [3.05, 3.63) is 29.8 Å². The van der Waals surface area contributed by atoms with Crippen molar-refractivity contribution in [2.45, 2.75) is 49.7 Å². The van der Waals surface area contributed by atoms with Gasteiger partial charge in [-0.05, 0) is 50.7 Å². The maximum Gasteiger partial charge on any atom is 0.417 e. The lowest BCUT2D eigenvalue weighted by molar-refractivity contribution is -0.139. The number of halogens is 3. The van der Waals surface area contributed by atoms with E-state index in [1.165, 1.54) is 12.1 Å². The Labute approximate surface area is 157 Å². The van der Waals surface area contributed by atoms with Crippen LogP contribution >= 0.6 is 0 Å². The van der Waals surface area contributed by atoms with Crippen molar-refractivity contribution in [3.8, 4) is 0 Å². The number of carbonyl (C=O) groups is 1. The van der Waals surface area contributed by atoms with Gasteiger partial charge < -0.3 is 5.32 Å². The van der Waals surface area contributed by atoms with Gasteiger partial charge >= 0.3 is 6.18 Å². The van der Waals surface area contributed by atoms with Crippen LogP contribution in [0.3, 0.4) is 0 Å². The fourth-order valence-electron chi connectivity index (χ4n) is 3.48. The lowest BCUT2D eigenvalue weighted by Crippen LogP contribution is -2.45. The zero-order valence-corrected chi connectivity index (χ0v) is 15.8. The molecule has 2 aliphatic rings. The molecule has 150 valence electrons. The van der Waals surface area contributed by atoms with E-state index in [1.54, 1.807) is 0 Å². The van der Waals surface area contributed by atoms with Gasteiger partial charge in [0.25, 0.3) is 0 Å². The molecule has 1 aliphatic carbocycles. The summed E-state index contributed by atoms with van der Waals surface area (Å²) in [6, 6.07) is 4.31. The summed E-state index contributed by atoms with van der Waals surface area (Å²) in [5.41, 5.74) is -1.16. The molecule has 0 unspecified atom stereocenters. The van der Waals surface area contributed by atoms with Gasteiger partial charge in [0.15, 0.2) is 0 Å². The van der Waals surface area contributed by atoms with Gasteiger partial charge in [0.2, 0.25) is 15.9 Å². The number of sulfonamides is 1. The van der Waals surface area contributed by atoms with Gasteiger partial charge in [-0.25, -0.2) is 8.42 Å². The van der Waals surface area contributed by atoms with Gasteiger partial charge in [0.05, 0.1) is 10.5 Å². The van der Waals surface area contributed by atoms with Gasteiger partial charge in [-0.1, -0.05) is 12.1 Å². The molecule has 1 aliphatic heterocycles. The number of nitrogens with zero attached hydrogens (tertiary/aromatic N) is 1. The Kier molecular flexibility index (Phi) is 5.54. The molecule has 2 fully saturated rings. The summed E-state index contributed by atoms with van der Waals surface area (Å²) in [6.07, 6.45) is -1.93. The first-order valence-electron chi connectivity index (χ1n) is 9.07. The third-order valence-electron chi connectivity index (χ3n) is 5.33. The largest absolute Gasteiger partial charge is 0.417 e. The first kappa shape index (κ1) is 20.1. The molecule has 0 aromatic heterocycles. The van der Waals surface area contributed by atoms with Crippen LogP contribution in [0.25, 0.3) is 0 Å². The molecule has 1 saturated heterocycles. The van der Waals surface area contributed by atoms with Crippen molar-refractivity contribution in [3.63, 3.8) is 0 Å². The highest BCUT2D eigenvalue weighted by atomic mass is 32.2. The van der Waals surface area contributed by atoms with Crippen LogP contribution in [0.5, 0.6) is 0 Å². The van der Waals surface area contributed by atoms with Crippen LogP contribution < -0.4 is 5.32 Å². The lowest BCUT2D eigenvalue weighted by atomic mass is 9.96. The molecule has 1 aromatic rings. The Morgan fingerprint density at radius 3 is 2.30 bits per heavy atom. The van der Waals surface area contributed by atoms with E-state index in [0.717, 1.165) is 29.3 Å². The van der Waals surface area contributed by atoms with E-state index in [9.17, 15) is 26.4 Å². The SMILES string of the molecule is C[C@H](NC(=O)C1CCN(S(=O)(=O)c2ccccc2C(F)(F)F)CC1)C1CC1. The molecule has 1 aromatic carbocycles.